The van der Waals surface area contributed by atoms with Crippen molar-refractivity contribution >= 4 is 17.7 Å². The van der Waals surface area contributed by atoms with Crippen molar-refractivity contribution in [3.05, 3.63) is 114 Å². The first-order valence-corrected chi connectivity index (χ1v) is 12.6. The van der Waals surface area contributed by atoms with E-state index in [4.69, 9.17) is 4.74 Å². The van der Waals surface area contributed by atoms with Crippen molar-refractivity contribution in [3.63, 3.8) is 0 Å². The summed E-state index contributed by atoms with van der Waals surface area (Å²) in [7, 11) is 0. The maximum atomic E-state index is 13.2. The topological polar surface area (TPSA) is 88.2 Å². The van der Waals surface area contributed by atoms with E-state index in [0.29, 0.717) is 37.9 Å². The number of hydrogen-bond acceptors (Lipinski definition) is 6. The lowest BCUT2D eigenvalue weighted by Gasteiger charge is -2.20. The summed E-state index contributed by atoms with van der Waals surface area (Å²) in [6, 6.07) is 31.1. The fourth-order valence-electron chi connectivity index (χ4n) is 3.91. The van der Waals surface area contributed by atoms with Crippen LogP contribution in [-0.2, 0) is 17.6 Å². The van der Waals surface area contributed by atoms with E-state index in [1.54, 1.807) is 0 Å². The number of benzene rings is 3. The average molecular weight is 496 g/mol. The molecular formula is C30H33N5O2. The molecule has 0 fully saturated rings. The van der Waals surface area contributed by atoms with Crippen molar-refractivity contribution in [2.75, 3.05) is 30.3 Å². The van der Waals surface area contributed by atoms with Crippen LogP contribution in [0.3, 0.4) is 0 Å². The minimum absolute atomic E-state index is 0.0678. The Morgan fingerprint density at radius 2 is 1.49 bits per heavy atom. The van der Waals surface area contributed by atoms with Crippen LogP contribution in [0.25, 0.3) is 0 Å². The fraction of sp³-hybridized carbons (Fsp3) is 0.233. The van der Waals surface area contributed by atoms with Gasteiger partial charge in [0, 0.05) is 24.7 Å². The highest BCUT2D eigenvalue weighted by atomic mass is 16.5. The Kier molecular flexibility index (Phi) is 9.47. The molecular weight excluding hydrogens is 462 g/mol. The number of hydrogen-bond donors (Lipinski definition) is 3. The van der Waals surface area contributed by atoms with E-state index in [1.165, 1.54) is 5.56 Å². The predicted molar refractivity (Wildman–Crippen MR) is 148 cm³/mol. The van der Waals surface area contributed by atoms with Crippen LogP contribution in [0.1, 0.15) is 16.8 Å². The van der Waals surface area contributed by atoms with Crippen molar-refractivity contribution in [2.45, 2.75) is 25.8 Å². The third-order valence-electron chi connectivity index (χ3n) is 5.73. The molecule has 190 valence electrons. The van der Waals surface area contributed by atoms with E-state index in [2.05, 4.69) is 38.1 Å². The smallest absolute Gasteiger partial charge is 0.242 e. The second-order valence-electron chi connectivity index (χ2n) is 8.72. The SMILES string of the molecule is Cc1cc(N[C@@H](Cc2ccccc2)C(=O)NCCc2ccccc2)nc(NCCOc2ccccc2)n1. The van der Waals surface area contributed by atoms with Crippen molar-refractivity contribution < 1.29 is 9.53 Å². The third kappa shape index (κ3) is 8.65. The minimum Gasteiger partial charge on any atom is -0.492 e. The molecule has 1 aromatic heterocycles. The van der Waals surface area contributed by atoms with Gasteiger partial charge >= 0.3 is 0 Å². The number of ether oxygens (including phenoxy) is 1. The van der Waals surface area contributed by atoms with E-state index in [9.17, 15) is 4.79 Å². The Bertz CT molecular complexity index is 1240. The molecule has 0 aliphatic rings. The van der Waals surface area contributed by atoms with Crippen LogP contribution in [0.2, 0.25) is 0 Å². The summed E-state index contributed by atoms with van der Waals surface area (Å²) >= 11 is 0. The predicted octanol–water partition coefficient (Wildman–Crippen LogP) is 4.66. The van der Waals surface area contributed by atoms with Gasteiger partial charge in [0.2, 0.25) is 11.9 Å². The summed E-state index contributed by atoms with van der Waals surface area (Å²) < 4.78 is 5.73. The number of nitrogens with zero attached hydrogens (tertiary/aromatic N) is 2. The van der Waals surface area contributed by atoms with Gasteiger partial charge in [-0.2, -0.15) is 4.98 Å². The number of rotatable bonds is 13. The minimum atomic E-state index is -0.485. The normalized spacial score (nSPS) is 11.4. The van der Waals surface area contributed by atoms with Crippen molar-refractivity contribution in [1.29, 1.82) is 0 Å². The van der Waals surface area contributed by atoms with Crippen molar-refractivity contribution in [1.82, 2.24) is 15.3 Å². The molecule has 0 aliphatic heterocycles. The molecule has 4 aromatic rings. The zero-order chi connectivity index (χ0) is 25.7. The maximum Gasteiger partial charge on any atom is 0.242 e. The fourth-order valence-corrected chi connectivity index (χ4v) is 3.91. The molecule has 3 N–H and O–H groups in total. The summed E-state index contributed by atoms with van der Waals surface area (Å²) in [5.41, 5.74) is 3.06. The highest BCUT2D eigenvalue weighted by Gasteiger charge is 2.20. The lowest BCUT2D eigenvalue weighted by molar-refractivity contribution is -0.121. The maximum absolute atomic E-state index is 13.2. The van der Waals surface area contributed by atoms with Gasteiger partial charge < -0.3 is 20.7 Å². The van der Waals surface area contributed by atoms with Gasteiger partial charge in [0.1, 0.15) is 24.2 Å². The van der Waals surface area contributed by atoms with E-state index in [1.807, 2.05) is 91.9 Å². The van der Waals surface area contributed by atoms with Gasteiger partial charge in [-0.1, -0.05) is 78.9 Å². The molecule has 4 rings (SSSR count). The van der Waals surface area contributed by atoms with Crippen LogP contribution in [0, 0.1) is 6.92 Å². The van der Waals surface area contributed by atoms with E-state index < -0.39 is 6.04 Å². The second kappa shape index (κ2) is 13.6. The summed E-state index contributed by atoms with van der Waals surface area (Å²) in [5.74, 6) is 1.83. The molecule has 1 amide bonds. The zero-order valence-corrected chi connectivity index (χ0v) is 21.1. The molecule has 0 aliphatic carbocycles. The standard InChI is InChI=1S/C30H33N5O2/c1-23-21-28(35-30(33-23)32-19-20-37-26-15-9-4-10-16-26)34-27(22-25-13-7-3-8-14-25)29(36)31-18-17-24-11-5-2-6-12-24/h2-16,21,27H,17-20,22H2,1H3,(H,31,36)(H2,32,33,34,35)/t27-/m0/s1. The number of carbonyl (C=O) groups excluding carboxylic acids is 1. The number of anilines is 2. The van der Waals surface area contributed by atoms with Gasteiger partial charge in [-0.15, -0.1) is 0 Å². The lowest BCUT2D eigenvalue weighted by atomic mass is 10.0. The molecule has 0 radical (unpaired) electrons. The quantitative estimate of drug-likeness (QED) is 0.234. The highest BCUT2D eigenvalue weighted by Crippen LogP contribution is 2.14. The molecule has 0 saturated heterocycles. The highest BCUT2D eigenvalue weighted by molar-refractivity contribution is 5.84. The molecule has 1 atom stereocenters. The van der Waals surface area contributed by atoms with E-state index >= 15 is 0 Å². The Morgan fingerprint density at radius 3 is 2.19 bits per heavy atom. The number of aryl methyl sites for hydroxylation is 1. The van der Waals surface area contributed by atoms with E-state index in [0.717, 1.165) is 23.4 Å². The molecule has 3 aromatic carbocycles. The molecule has 1 heterocycles. The van der Waals surface area contributed by atoms with Gasteiger partial charge in [-0.25, -0.2) is 4.98 Å². The molecule has 0 bridgehead atoms. The Balaban J connectivity index is 1.37. The van der Waals surface area contributed by atoms with Gasteiger partial charge in [-0.3, -0.25) is 4.79 Å². The van der Waals surface area contributed by atoms with E-state index in [-0.39, 0.29) is 5.91 Å². The number of nitrogens with one attached hydrogen (secondary N) is 3. The first kappa shape index (κ1) is 25.7. The third-order valence-corrected chi connectivity index (χ3v) is 5.73. The Labute approximate surface area is 218 Å². The first-order chi connectivity index (χ1) is 18.2. The van der Waals surface area contributed by atoms with Crippen LogP contribution in [0.4, 0.5) is 11.8 Å². The van der Waals surface area contributed by atoms with Crippen LogP contribution >= 0.6 is 0 Å². The number of carbonyl (C=O) groups is 1. The molecule has 7 heteroatoms. The monoisotopic (exact) mass is 495 g/mol. The van der Waals surface area contributed by atoms with Gasteiger partial charge in [0.15, 0.2) is 0 Å². The lowest BCUT2D eigenvalue weighted by Crippen LogP contribution is -2.42. The zero-order valence-electron chi connectivity index (χ0n) is 21.1. The van der Waals surface area contributed by atoms with Crippen LogP contribution in [-0.4, -0.2) is 41.6 Å². The Morgan fingerprint density at radius 1 is 0.838 bits per heavy atom. The molecule has 0 saturated carbocycles. The molecule has 37 heavy (non-hydrogen) atoms. The summed E-state index contributed by atoms with van der Waals surface area (Å²) in [4.78, 5) is 22.3. The first-order valence-electron chi connectivity index (χ1n) is 12.6. The summed E-state index contributed by atoms with van der Waals surface area (Å²) in [6.45, 7) is 3.49. The van der Waals surface area contributed by atoms with Gasteiger partial charge in [-0.05, 0) is 36.6 Å². The summed E-state index contributed by atoms with van der Waals surface area (Å²) in [6.07, 6.45) is 1.31. The molecule has 0 unspecified atom stereocenters. The second-order valence-corrected chi connectivity index (χ2v) is 8.72. The Hall–Kier alpha value is -4.39. The summed E-state index contributed by atoms with van der Waals surface area (Å²) in [5, 5.41) is 9.63. The average Bonchev–Trinajstić information content (AvgIpc) is 2.92. The van der Waals surface area contributed by atoms with Crippen molar-refractivity contribution in [2.24, 2.45) is 0 Å². The van der Waals surface area contributed by atoms with Crippen LogP contribution in [0.15, 0.2) is 97.1 Å². The van der Waals surface area contributed by atoms with Gasteiger partial charge in [0.25, 0.3) is 0 Å². The number of aromatic nitrogens is 2. The number of para-hydroxylation sites is 1. The van der Waals surface area contributed by atoms with Crippen LogP contribution in [0.5, 0.6) is 5.75 Å². The van der Waals surface area contributed by atoms with Gasteiger partial charge in [0.05, 0.1) is 6.54 Å². The van der Waals surface area contributed by atoms with Crippen molar-refractivity contribution in [3.8, 4) is 5.75 Å². The molecule has 0 spiro atoms. The largest absolute Gasteiger partial charge is 0.492 e. The number of amides is 1. The molecule has 7 nitrogen and oxygen atoms in total. The van der Waals surface area contributed by atoms with Crippen LogP contribution < -0.4 is 20.7 Å².